The zero-order chi connectivity index (χ0) is 64.5. The number of nitrogens with two attached hydrogens (primary N) is 2. The van der Waals surface area contributed by atoms with Gasteiger partial charge in [-0.25, -0.2) is 0 Å². The first kappa shape index (κ1) is 70.3. The standard InChI is InChI=1S/C59H75ClN12O14S2/c1-32(73)50-59(86)71-48(57(84)67-43(52(62)79)25-36-12-20-40(75)21-13-36)31-88-87-30-47(70-54(81)44(65-49(77)29-64-33(2)74)26-35-10-18-39(60)19-11-35)58(85)69-46(28-37-14-22-41(76)23-15-37)56(83)68-45(27-34-8-16-38(17-9-34)51(61)78)55(82)66-42(53(80)72-50)7-5-4-6-24-63-3/h8-23,32,42-48,50,63,73,75-76H,4-7,24-31H2,1-3H3,(H2,61,78)(H2,62,79)(H,64,74)(H,65,77)(H,66,82)(H,67,84)(H,68,83)(H,69,85)(H,70,81)(H,71,86)(H,72,80)/t32-,42+,43-,44+,45-,46+,47-,48+,50+/m1/s1. The number of benzene rings is 4. The zero-order valence-corrected chi connectivity index (χ0v) is 51.0. The molecule has 0 bridgehead atoms. The number of halogens is 1. The molecule has 1 heterocycles. The van der Waals surface area contributed by atoms with Crippen LogP contribution < -0.4 is 64.6 Å². The number of primary amides is 2. The monoisotopic (exact) mass is 1270 g/mol. The lowest BCUT2D eigenvalue weighted by molar-refractivity contribution is -0.136. The molecule has 17 N–H and O–H groups in total. The fourth-order valence-electron chi connectivity index (χ4n) is 8.91. The molecule has 4 aromatic carbocycles. The van der Waals surface area contributed by atoms with Gasteiger partial charge >= 0.3 is 0 Å². The van der Waals surface area contributed by atoms with E-state index in [4.69, 9.17) is 23.1 Å². The van der Waals surface area contributed by atoms with Gasteiger partial charge in [-0.15, -0.1) is 0 Å². The van der Waals surface area contributed by atoms with Crippen LogP contribution in [-0.2, 0) is 73.6 Å². The van der Waals surface area contributed by atoms with Crippen LogP contribution in [0.5, 0.6) is 11.5 Å². The maximum atomic E-state index is 15.0. The Balaban J connectivity index is 1.63. The Labute approximate surface area is 521 Å². The third-order valence-corrected chi connectivity index (χ3v) is 16.5. The summed E-state index contributed by atoms with van der Waals surface area (Å²) in [5, 5.41) is 58.0. The number of hydrogen-bond acceptors (Lipinski definition) is 17. The molecule has 0 spiro atoms. The van der Waals surface area contributed by atoms with E-state index in [1.807, 2.05) is 0 Å². The van der Waals surface area contributed by atoms with Crippen LogP contribution in [0.1, 0.15) is 72.1 Å². The molecular formula is C59H75ClN12O14S2. The van der Waals surface area contributed by atoms with Crippen molar-refractivity contribution in [1.82, 2.24) is 53.2 Å². The number of amides is 11. The van der Waals surface area contributed by atoms with Gasteiger partial charge in [0.1, 0.15) is 59.8 Å². The van der Waals surface area contributed by atoms with E-state index >= 15 is 0 Å². The predicted molar refractivity (Wildman–Crippen MR) is 330 cm³/mol. The fourth-order valence-corrected chi connectivity index (χ4v) is 11.4. The second-order valence-electron chi connectivity index (χ2n) is 20.9. The van der Waals surface area contributed by atoms with E-state index in [1.165, 1.54) is 86.6 Å². The van der Waals surface area contributed by atoms with Gasteiger partial charge in [-0.2, -0.15) is 0 Å². The van der Waals surface area contributed by atoms with Gasteiger partial charge in [-0.1, -0.05) is 94.6 Å². The Bertz CT molecular complexity index is 3070. The summed E-state index contributed by atoms with van der Waals surface area (Å²) in [6.45, 7) is 2.49. The number of carbonyl (C=O) groups is 11. The van der Waals surface area contributed by atoms with Crippen molar-refractivity contribution in [1.29, 1.82) is 0 Å². The molecule has 474 valence electrons. The molecule has 5 rings (SSSR count). The Kier molecular flexibility index (Phi) is 28.3. The summed E-state index contributed by atoms with van der Waals surface area (Å²) in [6.07, 6.45) is -0.967. The summed E-state index contributed by atoms with van der Waals surface area (Å²) in [4.78, 5) is 153. The number of phenols is 2. The van der Waals surface area contributed by atoms with Crippen LogP contribution in [-0.4, -0.2) is 166 Å². The van der Waals surface area contributed by atoms with Crippen molar-refractivity contribution in [2.45, 2.75) is 120 Å². The Morgan fingerprint density at radius 2 is 1.14 bits per heavy atom. The molecule has 0 radical (unpaired) electrons. The molecule has 0 saturated carbocycles. The van der Waals surface area contributed by atoms with E-state index < -0.39 is 126 Å². The van der Waals surface area contributed by atoms with Gasteiger partial charge in [-0.05, 0) is 104 Å². The Hall–Kier alpha value is -8.44. The number of aromatic hydroxyl groups is 2. The van der Waals surface area contributed by atoms with Crippen molar-refractivity contribution in [3.63, 3.8) is 0 Å². The van der Waals surface area contributed by atoms with Crippen LogP contribution in [0.25, 0.3) is 0 Å². The molecule has 1 saturated heterocycles. The van der Waals surface area contributed by atoms with Crippen molar-refractivity contribution >= 4 is 98.2 Å². The van der Waals surface area contributed by atoms with Gasteiger partial charge in [0.15, 0.2) is 0 Å². The molecule has 9 atom stereocenters. The van der Waals surface area contributed by atoms with E-state index in [9.17, 15) is 68.1 Å². The molecule has 0 unspecified atom stereocenters. The van der Waals surface area contributed by atoms with Gasteiger partial charge in [0.2, 0.25) is 65.0 Å². The van der Waals surface area contributed by atoms with E-state index in [1.54, 1.807) is 31.3 Å². The maximum absolute atomic E-state index is 15.0. The Morgan fingerprint density at radius 3 is 1.68 bits per heavy atom. The lowest BCUT2D eigenvalue weighted by Gasteiger charge is -2.29. The average molecular weight is 1280 g/mol. The molecule has 0 aliphatic carbocycles. The lowest BCUT2D eigenvalue weighted by atomic mass is 10.00. The molecule has 0 aromatic heterocycles. The number of hydrogen-bond donors (Lipinski definition) is 15. The quantitative estimate of drug-likeness (QED) is 0.0301. The largest absolute Gasteiger partial charge is 0.508 e. The molecule has 88 heavy (non-hydrogen) atoms. The molecule has 29 heteroatoms. The molecular weight excluding hydrogens is 1200 g/mol. The highest BCUT2D eigenvalue weighted by Crippen LogP contribution is 2.25. The molecule has 26 nitrogen and oxygen atoms in total. The average Bonchev–Trinajstić information content (AvgIpc) is 3.29. The van der Waals surface area contributed by atoms with Crippen LogP contribution in [0.2, 0.25) is 5.02 Å². The first-order valence-electron chi connectivity index (χ1n) is 28.1. The lowest BCUT2D eigenvalue weighted by Crippen LogP contribution is -2.62. The fraction of sp³-hybridized carbons (Fsp3) is 0.407. The van der Waals surface area contributed by atoms with E-state index in [0.717, 1.165) is 21.6 Å². The summed E-state index contributed by atoms with van der Waals surface area (Å²) in [5.74, 6) is -10.7. The summed E-state index contributed by atoms with van der Waals surface area (Å²) in [7, 11) is 3.55. The molecule has 11 amide bonds. The van der Waals surface area contributed by atoms with Crippen LogP contribution in [0, 0.1) is 0 Å². The highest BCUT2D eigenvalue weighted by molar-refractivity contribution is 8.76. The van der Waals surface area contributed by atoms with Crippen LogP contribution in [0.3, 0.4) is 0 Å². The minimum Gasteiger partial charge on any atom is -0.508 e. The number of aliphatic hydroxyl groups is 1. The van der Waals surface area contributed by atoms with E-state index in [0.29, 0.717) is 53.1 Å². The van der Waals surface area contributed by atoms with Crippen LogP contribution in [0.15, 0.2) is 97.1 Å². The highest BCUT2D eigenvalue weighted by Gasteiger charge is 2.37. The van der Waals surface area contributed by atoms with E-state index in [2.05, 4.69) is 53.2 Å². The number of rotatable bonds is 24. The van der Waals surface area contributed by atoms with E-state index in [-0.39, 0.29) is 60.7 Å². The SMILES string of the molecule is CNCCCCC[C@@H]1NC(=O)[C@@H](Cc2ccc(C(N)=O)cc2)NC(=O)[C@H](Cc2ccc(O)cc2)NC(=O)[C@H](NC(=O)[C@H](Cc2ccc(Cl)cc2)NC(=O)CNC(C)=O)CSSC[C@@H](C(=O)N[C@H](Cc2ccc(O)cc2)C(N)=O)NC(=O)[C@H]([C@@H](C)O)NC1=O. The molecule has 1 fully saturated rings. The number of nitrogens with one attached hydrogen (secondary N) is 10. The zero-order valence-electron chi connectivity index (χ0n) is 48.6. The van der Waals surface area contributed by atoms with Gasteiger partial charge < -0.3 is 80.0 Å². The summed E-state index contributed by atoms with van der Waals surface area (Å²) in [6, 6.07) is 11.1. The second kappa shape index (κ2) is 35.4. The van der Waals surface area contributed by atoms with Gasteiger partial charge in [0.25, 0.3) is 0 Å². The summed E-state index contributed by atoms with van der Waals surface area (Å²) >= 11 is 6.15. The van der Waals surface area contributed by atoms with Crippen molar-refractivity contribution in [2.24, 2.45) is 11.5 Å². The number of carbonyl (C=O) groups excluding carboxylic acids is 11. The van der Waals surface area contributed by atoms with Crippen LogP contribution in [0.4, 0.5) is 0 Å². The second-order valence-corrected chi connectivity index (χ2v) is 23.9. The number of aliphatic hydroxyl groups excluding tert-OH is 1. The van der Waals surface area contributed by atoms with Crippen molar-refractivity contribution < 1.29 is 68.1 Å². The first-order chi connectivity index (χ1) is 41.9. The van der Waals surface area contributed by atoms with Crippen molar-refractivity contribution in [3.05, 3.63) is 130 Å². The molecule has 1 aliphatic heterocycles. The predicted octanol–water partition coefficient (Wildman–Crippen LogP) is -0.824. The van der Waals surface area contributed by atoms with Gasteiger partial charge in [0.05, 0.1) is 12.6 Å². The summed E-state index contributed by atoms with van der Waals surface area (Å²) < 4.78 is 0. The number of unbranched alkanes of at least 4 members (excludes halogenated alkanes) is 2. The van der Waals surface area contributed by atoms with Gasteiger partial charge in [-0.3, -0.25) is 52.7 Å². The first-order valence-corrected chi connectivity index (χ1v) is 31.0. The highest BCUT2D eigenvalue weighted by atomic mass is 35.5. The normalized spacial score (nSPS) is 19.9. The smallest absolute Gasteiger partial charge is 0.248 e. The Morgan fingerprint density at radius 1 is 0.625 bits per heavy atom. The minimum atomic E-state index is -1.79. The third-order valence-electron chi connectivity index (χ3n) is 13.8. The van der Waals surface area contributed by atoms with Gasteiger partial charge in [0, 0.05) is 54.7 Å². The van der Waals surface area contributed by atoms with Crippen molar-refractivity contribution in [2.75, 3.05) is 31.6 Å². The van der Waals surface area contributed by atoms with Crippen LogP contribution >= 0.6 is 33.2 Å². The third kappa shape index (κ3) is 23.7. The molecule has 4 aromatic rings. The van der Waals surface area contributed by atoms with Crippen molar-refractivity contribution in [3.8, 4) is 11.5 Å². The summed E-state index contributed by atoms with van der Waals surface area (Å²) in [5.41, 5.74) is 13.2. The minimum absolute atomic E-state index is 0.0238. The maximum Gasteiger partial charge on any atom is 0.248 e. The topological polar surface area (TPSA) is 421 Å². The molecule has 1 aliphatic rings. The number of phenolic OH excluding ortho intramolecular Hbond substituents is 2.